The van der Waals surface area contributed by atoms with Crippen LogP contribution in [0.3, 0.4) is 0 Å². The van der Waals surface area contributed by atoms with Crippen LogP contribution in [0.25, 0.3) is 49.6 Å². The van der Waals surface area contributed by atoms with Gasteiger partial charge in [-0.3, -0.25) is 0 Å². The van der Waals surface area contributed by atoms with E-state index >= 15 is 0 Å². The molecule has 0 saturated heterocycles. The Morgan fingerprint density at radius 1 is 0.489 bits per heavy atom. The number of aromatic nitrogens is 3. The van der Waals surface area contributed by atoms with Crippen LogP contribution in [0.2, 0.25) is 0 Å². The zero-order valence-electron chi connectivity index (χ0n) is 24.3. The van der Waals surface area contributed by atoms with Gasteiger partial charge in [-0.05, 0) is 52.0 Å². The Morgan fingerprint density at radius 2 is 1.04 bits per heavy atom. The van der Waals surface area contributed by atoms with E-state index in [2.05, 4.69) is 144 Å². The predicted octanol–water partition coefficient (Wildman–Crippen LogP) is 6.85. The second-order valence-electron chi connectivity index (χ2n) is 11.4. The van der Waals surface area contributed by atoms with Gasteiger partial charge in [-0.2, -0.15) is 0 Å². The first-order valence-corrected chi connectivity index (χ1v) is 17.2. The number of hydrogen-bond donors (Lipinski definition) is 0. The van der Waals surface area contributed by atoms with Crippen LogP contribution in [0, 0.1) is 0 Å². The summed E-state index contributed by atoms with van der Waals surface area (Å²) in [5, 5.41) is 8.12. The van der Waals surface area contributed by atoms with Crippen molar-refractivity contribution >= 4 is 72.8 Å². The monoisotopic (exact) mass is 593 g/mol. The molecule has 0 fully saturated rings. The summed E-state index contributed by atoms with van der Waals surface area (Å²) in [5.41, 5.74) is 5.90. The van der Waals surface area contributed by atoms with Gasteiger partial charge in [-0.25, -0.2) is 9.97 Å². The number of furan rings is 1. The average Bonchev–Trinajstić information content (AvgIpc) is 3.66. The quantitative estimate of drug-likeness (QED) is 0.162. The van der Waals surface area contributed by atoms with Crippen molar-refractivity contribution in [3.63, 3.8) is 0 Å². The standard InChI is InChI=1S/C40H27N3OSi/c1-3-15-29(16-4-1)45(30-17-5-2-6-18-30,40-39-38(41-27-42-40)34-22-9-12-25-37(34)44-39)31-19-13-14-28(26-31)43-35-23-10-7-20-32(35)33-21-8-11-24-36(33)43/h1-27H. The zero-order chi connectivity index (χ0) is 29.8. The minimum Gasteiger partial charge on any atom is -0.453 e. The van der Waals surface area contributed by atoms with Gasteiger partial charge in [0, 0.05) is 21.8 Å². The fraction of sp³-hybridized carbons (Fsp3) is 0. The van der Waals surface area contributed by atoms with E-state index in [1.807, 2.05) is 18.2 Å². The van der Waals surface area contributed by atoms with Crippen molar-refractivity contribution in [3.8, 4) is 5.69 Å². The molecule has 0 N–H and O–H groups in total. The zero-order valence-corrected chi connectivity index (χ0v) is 25.3. The lowest BCUT2D eigenvalue weighted by Gasteiger charge is -2.33. The largest absolute Gasteiger partial charge is 0.453 e. The van der Waals surface area contributed by atoms with Gasteiger partial charge >= 0.3 is 0 Å². The number of hydrogen-bond acceptors (Lipinski definition) is 3. The molecule has 0 aliphatic rings. The molecule has 212 valence electrons. The third kappa shape index (κ3) is 3.78. The molecule has 9 rings (SSSR count). The fourth-order valence-corrected chi connectivity index (χ4v) is 11.8. The molecule has 0 unspecified atom stereocenters. The van der Waals surface area contributed by atoms with E-state index in [1.54, 1.807) is 6.33 Å². The lowest BCUT2D eigenvalue weighted by Crippen LogP contribution is -2.75. The van der Waals surface area contributed by atoms with Crippen LogP contribution >= 0.6 is 0 Å². The normalized spacial score (nSPS) is 12.0. The molecular weight excluding hydrogens is 567 g/mol. The van der Waals surface area contributed by atoms with E-state index in [9.17, 15) is 0 Å². The van der Waals surface area contributed by atoms with E-state index in [-0.39, 0.29) is 0 Å². The molecule has 0 amide bonds. The molecule has 9 aromatic rings. The SMILES string of the molecule is c1ccc([Si](c2ccccc2)(c2cccc(-n3c4ccccc4c4ccccc43)c2)c2ncnc3c2oc2ccccc23)cc1. The van der Waals surface area contributed by atoms with Crippen LogP contribution in [0.5, 0.6) is 0 Å². The molecule has 0 bridgehead atoms. The Balaban J connectivity index is 1.42. The van der Waals surface area contributed by atoms with E-state index in [4.69, 9.17) is 14.4 Å². The van der Waals surface area contributed by atoms with Gasteiger partial charge in [0.15, 0.2) is 5.58 Å². The number of nitrogens with zero attached hydrogens (tertiary/aromatic N) is 3. The van der Waals surface area contributed by atoms with Crippen LogP contribution in [0.1, 0.15) is 0 Å². The summed E-state index contributed by atoms with van der Waals surface area (Å²) in [7, 11) is -3.06. The number of para-hydroxylation sites is 3. The van der Waals surface area contributed by atoms with Gasteiger partial charge in [-0.15, -0.1) is 0 Å². The molecule has 45 heavy (non-hydrogen) atoms. The van der Waals surface area contributed by atoms with Crippen molar-refractivity contribution in [1.82, 2.24) is 14.5 Å². The van der Waals surface area contributed by atoms with Gasteiger partial charge in [0.1, 0.15) is 17.4 Å². The number of rotatable bonds is 5. The lowest BCUT2D eigenvalue weighted by molar-refractivity contribution is 0.669. The van der Waals surface area contributed by atoms with Crippen molar-refractivity contribution in [2.45, 2.75) is 0 Å². The van der Waals surface area contributed by atoms with Gasteiger partial charge in [0.05, 0.1) is 16.4 Å². The highest BCUT2D eigenvalue weighted by Crippen LogP contribution is 2.32. The summed E-state index contributed by atoms with van der Waals surface area (Å²) < 4.78 is 9.07. The Hall–Kier alpha value is -5.78. The Morgan fingerprint density at radius 3 is 1.71 bits per heavy atom. The smallest absolute Gasteiger partial charge is 0.207 e. The Labute approximate surface area is 260 Å². The maximum Gasteiger partial charge on any atom is 0.207 e. The topological polar surface area (TPSA) is 43.9 Å². The van der Waals surface area contributed by atoms with Crippen molar-refractivity contribution in [2.24, 2.45) is 0 Å². The van der Waals surface area contributed by atoms with E-state index in [1.165, 1.54) is 37.4 Å². The highest BCUT2D eigenvalue weighted by Gasteiger charge is 2.45. The maximum atomic E-state index is 6.68. The summed E-state index contributed by atoms with van der Waals surface area (Å²) in [4.78, 5) is 9.91. The summed E-state index contributed by atoms with van der Waals surface area (Å²) in [6, 6.07) is 56.2. The van der Waals surface area contributed by atoms with Gasteiger partial charge in [0.25, 0.3) is 0 Å². The van der Waals surface area contributed by atoms with Gasteiger partial charge in [-0.1, -0.05) is 121 Å². The summed E-state index contributed by atoms with van der Waals surface area (Å²) in [6.45, 7) is 0. The molecule has 0 aliphatic carbocycles. The average molecular weight is 594 g/mol. The van der Waals surface area contributed by atoms with E-state index in [0.717, 1.165) is 33.1 Å². The van der Waals surface area contributed by atoms with Crippen LogP contribution in [-0.4, -0.2) is 22.6 Å². The molecule has 0 aliphatic heterocycles. The van der Waals surface area contributed by atoms with E-state index in [0.29, 0.717) is 0 Å². The molecule has 0 radical (unpaired) electrons. The van der Waals surface area contributed by atoms with Crippen molar-refractivity contribution < 1.29 is 4.42 Å². The Bertz CT molecular complexity index is 2410. The summed E-state index contributed by atoms with van der Waals surface area (Å²) >= 11 is 0. The first-order valence-electron chi connectivity index (χ1n) is 15.2. The first kappa shape index (κ1) is 25.7. The molecule has 3 heterocycles. The fourth-order valence-electron chi connectivity index (χ4n) is 7.16. The molecule has 5 heteroatoms. The molecular formula is C40H27N3OSi. The highest BCUT2D eigenvalue weighted by molar-refractivity contribution is 7.20. The predicted molar refractivity (Wildman–Crippen MR) is 187 cm³/mol. The van der Waals surface area contributed by atoms with Crippen LogP contribution in [-0.2, 0) is 0 Å². The van der Waals surface area contributed by atoms with Gasteiger partial charge < -0.3 is 8.98 Å². The minimum atomic E-state index is -3.06. The molecule has 3 aromatic heterocycles. The first-order chi connectivity index (χ1) is 22.3. The third-order valence-electron chi connectivity index (χ3n) is 9.04. The van der Waals surface area contributed by atoms with Crippen molar-refractivity contribution in [2.75, 3.05) is 0 Å². The Kier molecular flexibility index (Phi) is 5.79. The molecule has 4 nitrogen and oxygen atoms in total. The second-order valence-corrected chi connectivity index (χ2v) is 15.1. The van der Waals surface area contributed by atoms with Crippen LogP contribution in [0.4, 0.5) is 0 Å². The number of fused-ring (bicyclic) bond motifs is 6. The molecule has 0 atom stereocenters. The molecule has 0 spiro atoms. The lowest BCUT2D eigenvalue weighted by atomic mass is 10.2. The van der Waals surface area contributed by atoms with E-state index < -0.39 is 8.07 Å². The van der Waals surface area contributed by atoms with Crippen molar-refractivity contribution in [1.29, 1.82) is 0 Å². The second kappa shape index (κ2) is 10.1. The molecule has 6 aromatic carbocycles. The number of benzene rings is 6. The van der Waals surface area contributed by atoms with Crippen molar-refractivity contribution in [3.05, 3.63) is 164 Å². The summed E-state index contributed by atoms with van der Waals surface area (Å²) in [6.07, 6.45) is 1.71. The minimum absolute atomic E-state index is 0.750. The highest BCUT2D eigenvalue weighted by atomic mass is 28.3. The molecule has 0 saturated carbocycles. The van der Waals surface area contributed by atoms with Crippen LogP contribution in [0.15, 0.2) is 168 Å². The van der Waals surface area contributed by atoms with Crippen LogP contribution < -0.4 is 20.9 Å². The third-order valence-corrected chi connectivity index (χ3v) is 13.7. The summed E-state index contributed by atoms with van der Waals surface area (Å²) in [5.74, 6) is 0. The van der Waals surface area contributed by atoms with Gasteiger partial charge in [0.2, 0.25) is 8.07 Å². The maximum absolute atomic E-state index is 6.68.